The van der Waals surface area contributed by atoms with E-state index in [-0.39, 0.29) is 19.3 Å². The first kappa shape index (κ1) is 18.3. The van der Waals surface area contributed by atoms with Crippen LogP contribution in [-0.4, -0.2) is 72.4 Å². The van der Waals surface area contributed by atoms with Crippen molar-refractivity contribution in [3.63, 3.8) is 0 Å². The fourth-order valence-corrected chi connectivity index (χ4v) is 1.60. The Hall–Kier alpha value is -1.67. The summed E-state index contributed by atoms with van der Waals surface area (Å²) in [6.45, 7) is 0.323. The Bertz CT molecular complexity index is 363. The molecule has 0 aromatic rings. The van der Waals surface area contributed by atoms with Crippen LogP contribution in [0, 0.1) is 0 Å². The number of likely N-dealkylation sites (N-methyl/N-ethyl adjacent to an activating group) is 1. The number of nitrogens with two attached hydrogens (primary N) is 1. The van der Waals surface area contributed by atoms with Crippen LogP contribution in [0.2, 0.25) is 0 Å². The maximum absolute atomic E-state index is 11.7. The Morgan fingerprint density at radius 2 is 1.70 bits per heavy atom. The van der Waals surface area contributed by atoms with E-state index in [1.807, 2.05) is 21.1 Å². The minimum absolute atomic E-state index is 0.0433. The zero-order valence-corrected chi connectivity index (χ0v) is 12.0. The molecule has 4 N–H and O–H groups in total. The molecule has 20 heavy (non-hydrogen) atoms. The molecule has 0 radical (unpaired) electrons. The third-order valence-corrected chi connectivity index (χ3v) is 2.41. The molecule has 8 nitrogen and oxygen atoms in total. The second-order valence-corrected chi connectivity index (χ2v) is 5.67. The van der Waals surface area contributed by atoms with E-state index in [0.717, 1.165) is 0 Å². The van der Waals surface area contributed by atoms with E-state index < -0.39 is 30.1 Å². The average Bonchev–Trinajstić information content (AvgIpc) is 2.21. The lowest BCUT2D eigenvalue weighted by molar-refractivity contribution is -0.873. The van der Waals surface area contributed by atoms with Gasteiger partial charge < -0.3 is 25.2 Å². The smallest absolute Gasteiger partial charge is 0.323 e. The quantitative estimate of drug-likeness (QED) is 0.377. The SMILES string of the molecule is C[N+](C)(C)CC(CC(=O)O)OC(=O)C(N)CCC(=O)O. The van der Waals surface area contributed by atoms with Crippen molar-refractivity contribution in [1.29, 1.82) is 0 Å². The first-order valence-corrected chi connectivity index (χ1v) is 6.21. The Labute approximate surface area is 117 Å². The predicted molar refractivity (Wildman–Crippen MR) is 69.9 cm³/mol. The van der Waals surface area contributed by atoms with Crippen LogP contribution in [0.5, 0.6) is 0 Å². The van der Waals surface area contributed by atoms with Gasteiger partial charge >= 0.3 is 17.9 Å². The Balaban J connectivity index is 4.51. The van der Waals surface area contributed by atoms with Gasteiger partial charge in [0.2, 0.25) is 0 Å². The van der Waals surface area contributed by atoms with Gasteiger partial charge in [-0.1, -0.05) is 0 Å². The van der Waals surface area contributed by atoms with Crippen LogP contribution in [0.15, 0.2) is 0 Å². The van der Waals surface area contributed by atoms with Gasteiger partial charge in [0.15, 0.2) is 6.10 Å². The van der Waals surface area contributed by atoms with Crippen molar-refractivity contribution in [3.05, 3.63) is 0 Å². The summed E-state index contributed by atoms with van der Waals surface area (Å²) in [6, 6.07) is -1.06. The molecule has 0 amide bonds. The molecular weight excluding hydrogens is 268 g/mol. The van der Waals surface area contributed by atoms with Crippen LogP contribution in [-0.2, 0) is 19.1 Å². The fourth-order valence-electron chi connectivity index (χ4n) is 1.60. The average molecular weight is 291 g/mol. The van der Waals surface area contributed by atoms with Gasteiger partial charge in [-0.25, -0.2) is 0 Å². The summed E-state index contributed by atoms with van der Waals surface area (Å²) in [7, 11) is 5.52. The van der Waals surface area contributed by atoms with Crippen LogP contribution < -0.4 is 5.73 Å². The number of aliphatic carboxylic acids is 2. The molecule has 2 atom stereocenters. The summed E-state index contributed by atoms with van der Waals surface area (Å²) in [5.41, 5.74) is 5.52. The van der Waals surface area contributed by atoms with Gasteiger partial charge in [0.1, 0.15) is 12.6 Å². The van der Waals surface area contributed by atoms with Crippen LogP contribution >= 0.6 is 0 Å². The van der Waals surface area contributed by atoms with Crippen molar-refractivity contribution < 1.29 is 33.8 Å². The highest BCUT2D eigenvalue weighted by atomic mass is 16.5. The standard InChI is InChI=1S/C12H22N2O6/c1-14(2,3)7-8(6-11(17)18)20-12(19)9(13)4-5-10(15)16/h8-9H,4-7,13H2,1-3H3,(H-,15,16,17,18)/p+1. The van der Waals surface area contributed by atoms with Crippen molar-refractivity contribution in [2.45, 2.75) is 31.4 Å². The van der Waals surface area contributed by atoms with E-state index in [9.17, 15) is 14.4 Å². The number of carbonyl (C=O) groups excluding carboxylic acids is 1. The number of esters is 1. The number of hydrogen-bond acceptors (Lipinski definition) is 5. The summed E-state index contributed by atoms with van der Waals surface area (Å²) >= 11 is 0. The van der Waals surface area contributed by atoms with Gasteiger partial charge in [0.05, 0.1) is 27.6 Å². The molecule has 0 aliphatic heterocycles. The van der Waals surface area contributed by atoms with E-state index in [4.69, 9.17) is 20.7 Å². The van der Waals surface area contributed by atoms with Gasteiger partial charge in [-0.2, -0.15) is 0 Å². The van der Waals surface area contributed by atoms with Crippen LogP contribution in [0.3, 0.4) is 0 Å². The molecular formula is C12H23N2O6+. The lowest BCUT2D eigenvalue weighted by Gasteiger charge is -2.28. The van der Waals surface area contributed by atoms with Gasteiger partial charge in [-0.3, -0.25) is 14.4 Å². The maximum atomic E-state index is 11.7. The maximum Gasteiger partial charge on any atom is 0.323 e. The lowest BCUT2D eigenvalue weighted by Crippen LogP contribution is -2.45. The Morgan fingerprint density at radius 1 is 1.15 bits per heavy atom. The molecule has 0 fully saturated rings. The van der Waals surface area contributed by atoms with Crippen LogP contribution in [0.1, 0.15) is 19.3 Å². The van der Waals surface area contributed by atoms with Crippen LogP contribution in [0.25, 0.3) is 0 Å². The zero-order valence-electron chi connectivity index (χ0n) is 12.0. The van der Waals surface area contributed by atoms with Crippen molar-refractivity contribution in [1.82, 2.24) is 0 Å². The largest absolute Gasteiger partial charge is 0.481 e. The highest BCUT2D eigenvalue weighted by Crippen LogP contribution is 2.08. The second-order valence-electron chi connectivity index (χ2n) is 5.67. The Kier molecular flexibility index (Phi) is 7.16. The number of carbonyl (C=O) groups is 3. The predicted octanol–water partition coefficient (Wildman–Crippen LogP) is -0.729. The lowest BCUT2D eigenvalue weighted by atomic mass is 10.1. The van der Waals surface area contributed by atoms with Crippen LogP contribution in [0.4, 0.5) is 0 Å². The molecule has 0 saturated heterocycles. The van der Waals surface area contributed by atoms with E-state index in [1.165, 1.54) is 0 Å². The highest BCUT2D eigenvalue weighted by Gasteiger charge is 2.27. The topological polar surface area (TPSA) is 127 Å². The van der Waals surface area contributed by atoms with Crippen molar-refractivity contribution >= 4 is 17.9 Å². The molecule has 2 unspecified atom stereocenters. The number of hydrogen-bond donors (Lipinski definition) is 3. The molecule has 0 spiro atoms. The number of carboxylic acid groups (broad SMARTS) is 2. The molecule has 8 heteroatoms. The van der Waals surface area contributed by atoms with Crippen molar-refractivity contribution in [2.24, 2.45) is 5.73 Å². The highest BCUT2D eigenvalue weighted by molar-refractivity contribution is 5.77. The Morgan fingerprint density at radius 3 is 2.10 bits per heavy atom. The second kappa shape index (κ2) is 7.81. The number of quaternary nitrogens is 1. The summed E-state index contributed by atoms with van der Waals surface area (Å²) in [5.74, 6) is -2.90. The molecule has 0 aromatic heterocycles. The molecule has 0 aliphatic carbocycles. The van der Waals surface area contributed by atoms with Crippen molar-refractivity contribution in [2.75, 3.05) is 27.7 Å². The summed E-state index contributed by atoms with van der Waals surface area (Å²) in [6.07, 6.45) is -1.39. The van der Waals surface area contributed by atoms with E-state index in [2.05, 4.69) is 0 Å². The van der Waals surface area contributed by atoms with Gasteiger partial charge in [0, 0.05) is 6.42 Å². The van der Waals surface area contributed by atoms with Gasteiger partial charge in [-0.05, 0) is 6.42 Å². The molecule has 0 rings (SSSR count). The number of ether oxygens (including phenoxy) is 1. The van der Waals surface area contributed by atoms with Gasteiger partial charge in [-0.15, -0.1) is 0 Å². The van der Waals surface area contributed by atoms with Crippen molar-refractivity contribution in [3.8, 4) is 0 Å². The van der Waals surface area contributed by atoms with E-state index in [0.29, 0.717) is 11.0 Å². The molecule has 0 saturated carbocycles. The third-order valence-electron chi connectivity index (χ3n) is 2.41. The fraction of sp³-hybridized carbons (Fsp3) is 0.750. The molecule has 0 aliphatic rings. The normalized spacial score (nSPS) is 14.4. The number of rotatable bonds is 9. The minimum Gasteiger partial charge on any atom is -0.481 e. The van der Waals surface area contributed by atoms with E-state index in [1.54, 1.807) is 0 Å². The summed E-state index contributed by atoms with van der Waals surface area (Å²) < 4.78 is 5.50. The number of carboxylic acids is 2. The zero-order chi connectivity index (χ0) is 15.9. The summed E-state index contributed by atoms with van der Waals surface area (Å²) in [4.78, 5) is 32.8. The first-order valence-electron chi connectivity index (χ1n) is 6.21. The third kappa shape index (κ3) is 9.29. The first-order chi connectivity index (χ1) is 9.01. The molecule has 0 heterocycles. The minimum atomic E-state index is -1.07. The molecule has 116 valence electrons. The summed E-state index contributed by atoms with van der Waals surface area (Å²) in [5, 5.41) is 17.3. The monoisotopic (exact) mass is 291 g/mol. The van der Waals surface area contributed by atoms with Gasteiger partial charge in [0.25, 0.3) is 0 Å². The molecule has 0 bridgehead atoms. The van der Waals surface area contributed by atoms with E-state index >= 15 is 0 Å². The number of nitrogens with zero attached hydrogens (tertiary/aromatic N) is 1. The molecule has 0 aromatic carbocycles.